The van der Waals surface area contributed by atoms with E-state index >= 15 is 0 Å². The minimum atomic E-state index is -0.329. The zero-order valence-corrected chi connectivity index (χ0v) is 11.9. The molecule has 6 heteroatoms. The molecular weight excluding hydrogens is 295 g/mol. The third-order valence-corrected chi connectivity index (χ3v) is 3.59. The molecule has 4 aromatic rings. The van der Waals surface area contributed by atoms with Crippen LogP contribution in [0.4, 0.5) is 4.39 Å². The molecule has 0 saturated heterocycles. The number of para-hydroxylation sites is 1. The summed E-state index contributed by atoms with van der Waals surface area (Å²) in [6, 6.07) is 15.1. The van der Waals surface area contributed by atoms with E-state index in [1.54, 1.807) is 12.1 Å². The van der Waals surface area contributed by atoms with Gasteiger partial charge in [-0.15, -0.1) is 0 Å². The molecule has 0 radical (unpaired) electrons. The Balaban J connectivity index is 1.91. The van der Waals surface area contributed by atoms with Crippen LogP contribution in [0.3, 0.4) is 0 Å². The zero-order valence-electron chi connectivity index (χ0n) is 11.9. The van der Waals surface area contributed by atoms with Crippen LogP contribution in [-0.2, 0) is 0 Å². The van der Waals surface area contributed by atoms with Gasteiger partial charge in [0.1, 0.15) is 17.5 Å². The van der Waals surface area contributed by atoms with Crippen molar-refractivity contribution in [1.82, 2.24) is 19.3 Å². The number of hydrogen-bond donors (Lipinski definition) is 0. The SMILES string of the molecule is O=c1c2cnn(-c3ccc(F)cc3)c2ncn1-c1ccccc1. The number of nitrogens with zero attached hydrogens (tertiary/aromatic N) is 4. The van der Waals surface area contributed by atoms with Crippen LogP contribution in [0.5, 0.6) is 0 Å². The summed E-state index contributed by atoms with van der Waals surface area (Å²) in [7, 11) is 0. The lowest BCUT2D eigenvalue weighted by atomic mass is 10.3. The molecule has 0 unspecified atom stereocenters. The van der Waals surface area contributed by atoms with Gasteiger partial charge in [-0.3, -0.25) is 9.36 Å². The maximum atomic E-state index is 13.0. The topological polar surface area (TPSA) is 52.7 Å². The molecule has 0 atom stereocenters. The van der Waals surface area contributed by atoms with Crippen molar-refractivity contribution in [2.45, 2.75) is 0 Å². The van der Waals surface area contributed by atoms with Crippen LogP contribution in [0.25, 0.3) is 22.4 Å². The van der Waals surface area contributed by atoms with Gasteiger partial charge in [-0.25, -0.2) is 14.1 Å². The second kappa shape index (κ2) is 5.17. The smallest absolute Gasteiger partial charge is 0.268 e. The summed E-state index contributed by atoms with van der Waals surface area (Å²) in [5.41, 5.74) is 1.62. The molecule has 2 aromatic heterocycles. The first-order chi connectivity index (χ1) is 11.2. The first-order valence-electron chi connectivity index (χ1n) is 7.01. The Labute approximate surface area is 130 Å². The zero-order chi connectivity index (χ0) is 15.8. The minimum Gasteiger partial charge on any atom is -0.268 e. The number of fused-ring (bicyclic) bond motifs is 1. The molecular formula is C17H11FN4O. The van der Waals surface area contributed by atoms with Crippen molar-refractivity contribution >= 4 is 11.0 Å². The monoisotopic (exact) mass is 306 g/mol. The highest BCUT2D eigenvalue weighted by Crippen LogP contribution is 2.15. The second-order valence-electron chi connectivity index (χ2n) is 5.03. The first-order valence-corrected chi connectivity index (χ1v) is 7.01. The summed E-state index contributed by atoms with van der Waals surface area (Å²) in [5, 5.41) is 4.61. The Morgan fingerprint density at radius 1 is 0.913 bits per heavy atom. The van der Waals surface area contributed by atoms with Crippen LogP contribution in [0.15, 0.2) is 71.9 Å². The summed E-state index contributed by atoms with van der Waals surface area (Å²) in [4.78, 5) is 17.0. The van der Waals surface area contributed by atoms with Gasteiger partial charge in [0.25, 0.3) is 5.56 Å². The molecule has 0 aliphatic rings. The molecule has 0 bridgehead atoms. The lowest BCUT2D eigenvalue weighted by molar-refractivity contribution is 0.627. The summed E-state index contributed by atoms with van der Waals surface area (Å²) < 4.78 is 16.0. The van der Waals surface area contributed by atoms with E-state index in [0.717, 1.165) is 5.69 Å². The lowest BCUT2D eigenvalue weighted by Crippen LogP contribution is -2.18. The predicted octanol–water partition coefficient (Wildman–Crippen LogP) is 2.71. The highest BCUT2D eigenvalue weighted by atomic mass is 19.1. The highest BCUT2D eigenvalue weighted by Gasteiger charge is 2.12. The average Bonchev–Trinajstić information content (AvgIpc) is 3.02. The molecule has 0 spiro atoms. The first kappa shape index (κ1) is 13.4. The van der Waals surface area contributed by atoms with E-state index in [-0.39, 0.29) is 11.4 Å². The largest absolute Gasteiger partial charge is 0.269 e. The quantitative estimate of drug-likeness (QED) is 0.572. The van der Waals surface area contributed by atoms with Gasteiger partial charge in [-0.05, 0) is 36.4 Å². The van der Waals surface area contributed by atoms with Gasteiger partial charge in [0.15, 0.2) is 5.65 Å². The fourth-order valence-electron chi connectivity index (χ4n) is 2.46. The van der Waals surface area contributed by atoms with E-state index in [4.69, 9.17) is 0 Å². The molecule has 23 heavy (non-hydrogen) atoms. The molecule has 0 aliphatic heterocycles. The molecule has 0 fully saturated rings. The van der Waals surface area contributed by atoms with Crippen LogP contribution in [0.2, 0.25) is 0 Å². The maximum Gasteiger partial charge on any atom is 0.269 e. The number of rotatable bonds is 2. The van der Waals surface area contributed by atoms with Gasteiger partial charge in [-0.1, -0.05) is 18.2 Å². The number of benzene rings is 2. The van der Waals surface area contributed by atoms with Crippen LogP contribution >= 0.6 is 0 Å². The van der Waals surface area contributed by atoms with Crippen LogP contribution < -0.4 is 5.56 Å². The molecule has 0 N–H and O–H groups in total. The molecule has 0 aliphatic carbocycles. The fraction of sp³-hybridized carbons (Fsp3) is 0. The molecule has 0 saturated carbocycles. The summed E-state index contributed by atoms with van der Waals surface area (Å²) in [6.07, 6.45) is 2.95. The number of aromatic nitrogens is 4. The van der Waals surface area contributed by atoms with Crippen molar-refractivity contribution < 1.29 is 4.39 Å². The van der Waals surface area contributed by atoms with Crippen LogP contribution in [0.1, 0.15) is 0 Å². The van der Waals surface area contributed by atoms with Crippen molar-refractivity contribution in [2.75, 3.05) is 0 Å². The summed E-state index contributed by atoms with van der Waals surface area (Å²) in [5.74, 6) is -0.329. The van der Waals surface area contributed by atoms with Gasteiger partial charge in [-0.2, -0.15) is 5.10 Å². The van der Waals surface area contributed by atoms with Gasteiger partial charge in [0.2, 0.25) is 0 Å². The standard InChI is InChI=1S/C17H11FN4O/c18-12-6-8-14(9-7-12)22-16-15(10-20-22)17(23)21(11-19-16)13-4-2-1-3-5-13/h1-11H. The fourth-order valence-corrected chi connectivity index (χ4v) is 2.46. The average molecular weight is 306 g/mol. The minimum absolute atomic E-state index is 0.199. The predicted molar refractivity (Wildman–Crippen MR) is 84.4 cm³/mol. The van der Waals surface area contributed by atoms with Gasteiger partial charge in [0.05, 0.1) is 17.6 Å². The normalized spacial score (nSPS) is 11.0. The Morgan fingerprint density at radius 2 is 1.65 bits per heavy atom. The number of halogens is 1. The third kappa shape index (κ3) is 2.20. The van der Waals surface area contributed by atoms with Crippen LogP contribution in [-0.4, -0.2) is 19.3 Å². The third-order valence-electron chi connectivity index (χ3n) is 3.59. The molecule has 112 valence electrons. The van der Waals surface area contributed by atoms with E-state index in [1.165, 1.54) is 33.9 Å². The van der Waals surface area contributed by atoms with Crippen molar-refractivity contribution in [1.29, 1.82) is 0 Å². The van der Waals surface area contributed by atoms with Gasteiger partial charge in [0, 0.05) is 0 Å². The number of hydrogen-bond acceptors (Lipinski definition) is 3. The van der Waals surface area contributed by atoms with E-state index in [2.05, 4.69) is 10.1 Å². The van der Waals surface area contributed by atoms with Crippen molar-refractivity contribution in [2.24, 2.45) is 0 Å². The molecule has 4 rings (SSSR count). The molecule has 0 amide bonds. The Hall–Kier alpha value is -3.28. The van der Waals surface area contributed by atoms with Crippen molar-refractivity contribution in [3.05, 3.63) is 83.3 Å². The van der Waals surface area contributed by atoms with Gasteiger partial charge >= 0.3 is 0 Å². The molecule has 5 nitrogen and oxygen atoms in total. The molecule has 2 heterocycles. The van der Waals surface area contributed by atoms with E-state index in [0.29, 0.717) is 16.7 Å². The second-order valence-corrected chi connectivity index (χ2v) is 5.03. The highest BCUT2D eigenvalue weighted by molar-refractivity contribution is 5.75. The summed E-state index contributed by atoms with van der Waals surface area (Å²) in [6.45, 7) is 0. The van der Waals surface area contributed by atoms with E-state index in [1.807, 2.05) is 30.3 Å². The van der Waals surface area contributed by atoms with Crippen molar-refractivity contribution in [3.63, 3.8) is 0 Å². The Bertz CT molecular complexity index is 1040. The van der Waals surface area contributed by atoms with E-state index in [9.17, 15) is 9.18 Å². The van der Waals surface area contributed by atoms with Gasteiger partial charge < -0.3 is 0 Å². The van der Waals surface area contributed by atoms with E-state index < -0.39 is 0 Å². The summed E-state index contributed by atoms with van der Waals surface area (Å²) >= 11 is 0. The maximum absolute atomic E-state index is 13.0. The van der Waals surface area contributed by atoms with Crippen molar-refractivity contribution in [3.8, 4) is 11.4 Å². The Morgan fingerprint density at radius 3 is 2.39 bits per heavy atom. The van der Waals surface area contributed by atoms with Crippen LogP contribution in [0, 0.1) is 5.82 Å². The Kier molecular flexibility index (Phi) is 3.01. The lowest BCUT2D eigenvalue weighted by Gasteiger charge is -2.06. The molecule has 2 aromatic carbocycles.